The van der Waals surface area contributed by atoms with E-state index >= 15 is 0 Å². The van der Waals surface area contributed by atoms with Gasteiger partial charge in [-0.2, -0.15) is 0 Å². The summed E-state index contributed by atoms with van der Waals surface area (Å²) >= 11 is 0. The van der Waals surface area contributed by atoms with Crippen LogP contribution in [0, 0.1) is 5.92 Å². The molecule has 0 amide bonds. The minimum atomic E-state index is -0.682. The third kappa shape index (κ3) is 3.47. The maximum Gasteiger partial charge on any atom is 0.105 e. The van der Waals surface area contributed by atoms with Gasteiger partial charge in [-0.1, -0.05) is 49.6 Å². The fourth-order valence-electron chi connectivity index (χ4n) is 3.97. The van der Waals surface area contributed by atoms with Crippen LogP contribution < -0.4 is 5.32 Å². The molecule has 0 spiro atoms. The first-order chi connectivity index (χ1) is 10.3. The van der Waals surface area contributed by atoms with Crippen LogP contribution in [0.5, 0.6) is 0 Å². The van der Waals surface area contributed by atoms with Gasteiger partial charge < -0.3 is 10.4 Å². The van der Waals surface area contributed by atoms with E-state index in [-0.39, 0.29) is 0 Å². The van der Waals surface area contributed by atoms with E-state index in [4.69, 9.17) is 0 Å². The van der Waals surface area contributed by atoms with E-state index in [1.54, 1.807) is 0 Å². The topological polar surface area (TPSA) is 35.5 Å². The first kappa shape index (κ1) is 15.0. The van der Waals surface area contributed by atoms with Crippen LogP contribution in [0.25, 0.3) is 0 Å². The summed E-state index contributed by atoms with van der Waals surface area (Å²) in [7, 11) is 0. The predicted molar refractivity (Wildman–Crippen MR) is 86.2 cm³/mol. The van der Waals surface area contributed by atoms with E-state index in [2.05, 4.69) is 34.5 Å². The molecule has 21 heavy (non-hydrogen) atoms. The normalized spacial score (nSPS) is 24.6. The summed E-state index contributed by atoms with van der Waals surface area (Å²) in [5.74, 6) is 0.406. The first-order valence-electron chi connectivity index (χ1n) is 8.50. The van der Waals surface area contributed by atoms with Crippen molar-refractivity contribution in [2.75, 3.05) is 32.7 Å². The lowest BCUT2D eigenvalue weighted by Gasteiger charge is -2.43. The van der Waals surface area contributed by atoms with Gasteiger partial charge in [0.2, 0.25) is 0 Å². The fraction of sp³-hybridized carbons (Fsp3) is 0.667. The van der Waals surface area contributed by atoms with Crippen LogP contribution in [0.4, 0.5) is 0 Å². The molecule has 2 N–H and O–H groups in total. The summed E-state index contributed by atoms with van der Waals surface area (Å²) in [4.78, 5) is 2.43. The highest BCUT2D eigenvalue weighted by molar-refractivity contribution is 5.24. The van der Waals surface area contributed by atoms with Gasteiger partial charge in [-0.15, -0.1) is 0 Å². The third-order valence-electron chi connectivity index (χ3n) is 5.23. The molecule has 2 aliphatic rings. The number of aliphatic hydroxyl groups is 1. The largest absolute Gasteiger partial charge is 0.384 e. The van der Waals surface area contributed by atoms with Crippen molar-refractivity contribution in [3.05, 3.63) is 35.9 Å². The Balaban J connectivity index is 1.82. The number of rotatable bonds is 4. The molecule has 1 heterocycles. The van der Waals surface area contributed by atoms with Crippen molar-refractivity contribution in [2.24, 2.45) is 5.92 Å². The average Bonchev–Trinajstić information content (AvgIpc) is 2.57. The van der Waals surface area contributed by atoms with Crippen molar-refractivity contribution >= 4 is 0 Å². The van der Waals surface area contributed by atoms with E-state index < -0.39 is 5.60 Å². The first-order valence-corrected chi connectivity index (χ1v) is 8.50. The summed E-state index contributed by atoms with van der Waals surface area (Å²) < 4.78 is 0. The smallest absolute Gasteiger partial charge is 0.105 e. The van der Waals surface area contributed by atoms with Gasteiger partial charge in [0.15, 0.2) is 0 Å². The van der Waals surface area contributed by atoms with Gasteiger partial charge in [-0.25, -0.2) is 0 Å². The van der Waals surface area contributed by atoms with Crippen LogP contribution >= 0.6 is 0 Å². The second kappa shape index (κ2) is 6.91. The Morgan fingerprint density at radius 1 is 1.05 bits per heavy atom. The van der Waals surface area contributed by atoms with Gasteiger partial charge in [-0.05, 0) is 24.3 Å². The van der Waals surface area contributed by atoms with Crippen LogP contribution in [0.2, 0.25) is 0 Å². The molecule has 1 aromatic rings. The second-order valence-corrected chi connectivity index (χ2v) is 6.65. The molecule has 1 unspecified atom stereocenters. The number of nitrogens with one attached hydrogen (secondary N) is 1. The Bertz CT molecular complexity index is 424. The average molecular weight is 288 g/mol. The molecule has 1 aromatic carbocycles. The fourth-order valence-corrected chi connectivity index (χ4v) is 3.97. The highest BCUT2D eigenvalue weighted by Gasteiger charge is 2.40. The molecule has 1 aliphatic carbocycles. The molecule has 0 aromatic heterocycles. The van der Waals surface area contributed by atoms with Crippen molar-refractivity contribution in [3.8, 4) is 0 Å². The molecule has 1 saturated carbocycles. The van der Waals surface area contributed by atoms with E-state index in [1.807, 2.05) is 6.07 Å². The van der Waals surface area contributed by atoms with Crippen molar-refractivity contribution in [1.82, 2.24) is 10.2 Å². The quantitative estimate of drug-likeness (QED) is 0.893. The molecule has 0 radical (unpaired) electrons. The number of benzene rings is 1. The van der Waals surface area contributed by atoms with Crippen molar-refractivity contribution in [2.45, 2.75) is 37.7 Å². The summed E-state index contributed by atoms with van der Waals surface area (Å²) in [5.41, 5.74) is 0.425. The minimum absolute atomic E-state index is 0.406. The van der Waals surface area contributed by atoms with Crippen LogP contribution in [0.1, 0.15) is 37.7 Å². The molecule has 0 bridgehead atoms. The maximum atomic E-state index is 11.6. The van der Waals surface area contributed by atoms with Crippen molar-refractivity contribution < 1.29 is 5.11 Å². The third-order valence-corrected chi connectivity index (χ3v) is 5.23. The zero-order chi connectivity index (χ0) is 14.5. The lowest BCUT2D eigenvalue weighted by molar-refractivity contribution is -0.0655. The zero-order valence-electron chi connectivity index (χ0n) is 12.9. The molecule has 3 rings (SSSR count). The molecular formula is C18H28N2O. The van der Waals surface area contributed by atoms with Crippen LogP contribution in [0.15, 0.2) is 30.3 Å². The lowest BCUT2D eigenvalue weighted by atomic mass is 9.73. The molecule has 3 nitrogen and oxygen atoms in total. The van der Waals surface area contributed by atoms with Gasteiger partial charge in [0.05, 0.1) is 0 Å². The Kier molecular flexibility index (Phi) is 4.94. The Hall–Kier alpha value is -0.900. The van der Waals surface area contributed by atoms with Crippen molar-refractivity contribution in [1.29, 1.82) is 0 Å². The lowest BCUT2D eigenvalue weighted by Crippen LogP contribution is -2.52. The standard InChI is InChI=1S/C18H28N2O/c21-18(16-7-3-1-4-8-16,17-9-5-2-6-10-17)15-20-13-11-19-12-14-20/h1,3-4,7-8,17,19,21H,2,5-6,9-15H2. The molecular weight excluding hydrogens is 260 g/mol. The number of β-amino-alcohol motifs (C(OH)–C–C–N with tert-alkyl or cyclic N) is 1. The Morgan fingerprint density at radius 2 is 1.71 bits per heavy atom. The van der Waals surface area contributed by atoms with Crippen LogP contribution in [-0.2, 0) is 5.60 Å². The highest BCUT2D eigenvalue weighted by Crippen LogP contribution is 2.40. The van der Waals surface area contributed by atoms with Gasteiger partial charge in [0, 0.05) is 32.7 Å². The zero-order valence-corrected chi connectivity index (χ0v) is 12.9. The molecule has 3 heteroatoms. The molecule has 1 atom stereocenters. The maximum absolute atomic E-state index is 11.6. The van der Waals surface area contributed by atoms with Gasteiger partial charge >= 0.3 is 0 Å². The number of hydrogen-bond donors (Lipinski definition) is 2. The second-order valence-electron chi connectivity index (χ2n) is 6.65. The summed E-state index contributed by atoms with van der Waals surface area (Å²) in [6, 6.07) is 10.4. The Labute approximate surface area is 128 Å². The van der Waals surface area contributed by atoms with Crippen LogP contribution in [0.3, 0.4) is 0 Å². The minimum Gasteiger partial charge on any atom is -0.384 e. The Morgan fingerprint density at radius 3 is 2.38 bits per heavy atom. The molecule has 2 fully saturated rings. The SMILES string of the molecule is OC(CN1CCNCC1)(c1ccccc1)C1CCCCC1. The number of piperazine rings is 1. The van der Waals surface area contributed by atoms with Crippen LogP contribution in [-0.4, -0.2) is 42.7 Å². The predicted octanol–water partition coefficient (Wildman–Crippen LogP) is 2.36. The van der Waals surface area contributed by atoms with E-state index in [1.165, 1.54) is 19.3 Å². The van der Waals surface area contributed by atoms with Crippen molar-refractivity contribution in [3.63, 3.8) is 0 Å². The van der Waals surface area contributed by atoms with Gasteiger partial charge in [0.25, 0.3) is 0 Å². The number of nitrogens with zero attached hydrogens (tertiary/aromatic N) is 1. The number of hydrogen-bond acceptors (Lipinski definition) is 3. The van der Waals surface area contributed by atoms with Gasteiger partial charge in [0.1, 0.15) is 5.60 Å². The van der Waals surface area contributed by atoms with E-state index in [9.17, 15) is 5.11 Å². The van der Waals surface area contributed by atoms with E-state index in [0.29, 0.717) is 5.92 Å². The highest BCUT2D eigenvalue weighted by atomic mass is 16.3. The summed E-state index contributed by atoms with van der Waals surface area (Å²) in [6.45, 7) is 4.94. The molecule has 1 aliphatic heterocycles. The van der Waals surface area contributed by atoms with E-state index in [0.717, 1.165) is 51.1 Å². The monoisotopic (exact) mass is 288 g/mol. The summed E-state index contributed by atoms with van der Waals surface area (Å²) in [5, 5.41) is 15.0. The van der Waals surface area contributed by atoms with Gasteiger partial charge in [-0.3, -0.25) is 4.90 Å². The molecule has 116 valence electrons. The summed E-state index contributed by atoms with van der Waals surface area (Å²) in [6.07, 6.45) is 6.19. The molecule has 1 saturated heterocycles.